The average molecular weight is 391 g/mol. The van der Waals surface area contributed by atoms with Crippen molar-refractivity contribution in [2.24, 2.45) is 5.10 Å². The molecule has 11 heteroatoms. The molecular weight excluding hydrogens is 375 g/mol. The Morgan fingerprint density at radius 2 is 2.07 bits per heavy atom. The summed E-state index contributed by atoms with van der Waals surface area (Å²) in [5, 5.41) is 7.54. The monoisotopic (exact) mass is 391 g/mol. The van der Waals surface area contributed by atoms with Crippen LogP contribution in [0.5, 0.6) is 0 Å². The molecule has 0 atom stereocenters. The summed E-state index contributed by atoms with van der Waals surface area (Å²) >= 11 is 0. The summed E-state index contributed by atoms with van der Waals surface area (Å²) in [5.74, 6) is -4.20. The van der Waals surface area contributed by atoms with Gasteiger partial charge in [0.1, 0.15) is 12.2 Å². The second-order valence-corrected chi connectivity index (χ2v) is 5.61. The van der Waals surface area contributed by atoms with Gasteiger partial charge in [-0.1, -0.05) is 12.6 Å². The van der Waals surface area contributed by atoms with E-state index in [-0.39, 0.29) is 0 Å². The van der Waals surface area contributed by atoms with E-state index in [0.717, 1.165) is 18.2 Å². The number of carbonyl (C=O) groups is 1. The summed E-state index contributed by atoms with van der Waals surface area (Å²) in [6, 6.07) is 8.67. The van der Waals surface area contributed by atoms with Crippen LogP contribution in [0.2, 0.25) is 0 Å². The van der Waals surface area contributed by atoms with Gasteiger partial charge in [0.15, 0.2) is 0 Å². The Hall–Kier alpha value is -3.73. The van der Waals surface area contributed by atoms with Crippen LogP contribution in [0.15, 0.2) is 60.2 Å². The van der Waals surface area contributed by atoms with E-state index in [1.54, 1.807) is 29.3 Å². The summed E-state index contributed by atoms with van der Waals surface area (Å²) in [4.78, 5) is 12.0. The van der Waals surface area contributed by atoms with Crippen molar-refractivity contribution in [2.45, 2.75) is 5.92 Å². The zero-order valence-corrected chi connectivity index (χ0v) is 14.3. The third-order valence-corrected chi connectivity index (χ3v) is 3.71. The van der Waals surface area contributed by atoms with Crippen LogP contribution in [0.3, 0.4) is 0 Å². The normalized spacial score (nSPS) is 13.0. The number of hydrogen-bond acceptors (Lipinski definition) is 6. The molecule has 146 valence electrons. The largest absolute Gasteiger partial charge is 0.337 e. The predicted molar refractivity (Wildman–Crippen MR) is 100.0 cm³/mol. The third-order valence-electron chi connectivity index (χ3n) is 3.71. The molecule has 3 rings (SSSR count). The van der Waals surface area contributed by atoms with Crippen molar-refractivity contribution in [3.05, 3.63) is 66.5 Å². The number of benzene rings is 2. The number of nitrogens with one attached hydrogen (secondary N) is 5. The van der Waals surface area contributed by atoms with Gasteiger partial charge in [-0.2, -0.15) is 13.9 Å². The van der Waals surface area contributed by atoms with Crippen molar-refractivity contribution < 1.29 is 18.0 Å². The first-order valence-electron chi connectivity index (χ1n) is 7.96. The number of anilines is 3. The Labute approximate surface area is 158 Å². The fourth-order valence-electron chi connectivity index (χ4n) is 2.29. The van der Waals surface area contributed by atoms with Gasteiger partial charge in [0.05, 0.1) is 17.1 Å². The molecule has 2 amide bonds. The smallest absolute Gasteiger partial charge is 0.304 e. The second-order valence-electron chi connectivity index (χ2n) is 5.61. The molecule has 2 aromatic carbocycles. The molecule has 0 saturated carbocycles. The van der Waals surface area contributed by atoms with Gasteiger partial charge in [0, 0.05) is 5.56 Å². The molecule has 1 aliphatic rings. The Kier molecular flexibility index (Phi) is 5.36. The van der Waals surface area contributed by atoms with E-state index in [9.17, 15) is 18.0 Å². The minimum absolute atomic E-state index is 0.393. The molecule has 0 saturated heterocycles. The molecule has 0 radical (unpaired) electrons. The van der Waals surface area contributed by atoms with E-state index in [1.807, 2.05) is 0 Å². The topological polar surface area (TPSA) is 92.8 Å². The van der Waals surface area contributed by atoms with Gasteiger partial charge in [0.25, 0.3) is 5.92 Å². The maximum Gasteiger partial charge on any atom is 0.337 e. The summed E-state index contributed by atoms with van der Waals surface area (Å²) in [6.45, 7) is 3.05. The molecule has 0 spiro atoms. The molecule has 0 fully saturated rings. The van der Waals surface area contributed by atoms with Crippen LogP contribution in [0.25, 0.3) is 0 Å². The maximum absolute atomic E-state index is 13.8. The maximum atomic E-state index is 13.8. The molecular formula is C17H16F3N7O. The van der Waals surface area contributed by atoms with Gasteiger partial charge >= 0.3 is 6.03 Å². The van der Waals surface area contributed by atoms with Crippen molar-refractivity contribution in [3.63, 3.8) is 0 Å². The van der Waals surface area contributed by atoms with Crippen LogP contribution in [0.1, 0.15) is 5.56 Å². The number of hydrogen-bond donors (Lipinski definition) is 5. The van der Waals surface area contributed by atoms with Crippen molar-refractivity contribution in [2.75, 3.05) is 15.8 Å². The van der Waals surface area contributed by atoms with Crippen LogP contribution < -0.4 is 32.2 Å². The predicted octanol–water partition coefficient (Wildman–Crippen LogP) is 3.02. The first kappa shape index (κ1) is 19.0. The second kappa shape index (κ2) is 7.88. The van der Waals surface area contributed by atoms with Gasteiger partial charge in [-0.05, 0) is 42.5 Å². The minimum Gasteiger partial charge on any atom is -0.304 e. The van der Waals surface area contributed by atoms with Gasteiger partial charge in [-0.25, -0.2) is 19.7 Å². The first-order valence-corrected chi connectivity index (χ1v) is 7.96. The van der Waals surface area contributed by atoms with E-state index >= 15 is 0 Å². The quantitative estimate of drug-likeness (QED) is 0.386. The number of nitrogens with zero attached hydrogens (tertiary/aromatic N) is 2. The molecule has 2 aromatic rings. The van der Waals surface area contributed by atoms with Crippen molar-refractivity contribution in [1.82, 2.24) is 16.5 Å². The van der Waals surface area contributed by atoms with Gasteiger partial charge in [-0.3, -0.25) is 10.9 Å². The van der Waals surface area contributed by atoms with E-state index < -0.39 is 29.0 Å². The highest BCUT2D eigenvalue weighted by Gasteiger charge is 2.28. The summed E-state index contributed by atoms with van der Waals surface area (Å²) in [7, 11) is 0. The van der Waals surface area contributed by atoms with Crippen molar-refractivity contribution >= 4 is 29.4 Å². The number of amides is 2. The molecule has 0 aromatic heterocycles. The number of halogens is 3. The number of hydrazine groups is 3. The molecule has 0 aliphatic carbocycles. The van der Waals surface area contributed by atoms with Crippen molar-refractivity contribution in [1.29, 1.82) is 0 Å². The molecule has 1 heterocycles. The fraction of sp³-hybridized carbons (Fsp3) is 0.0588. The number of hydrazone groups is 1. The molecule has 5 N–H and O–H groups in total. The molecule has 8 nitrogen and oxygen atoms in total. The van der Waals surface area contributed by atoms with Crippen molar-refractivity contribution in [3.8, 4) is 0 Å². The highest BCUT2D eigenvalue weighted by atomic mass is 19.3. The number of alkyl halides is 2. The fourth-order valence-corrected chi connectivity index (χ4v) is 2.29. The lowest BCUT2D eigenvalue weighted by Gasteiger charge is -2.16. The first-order chi connectivity index (χ1) is 13.4. The Morgan fingerprint density at radius 1 is 1.25 bits per heavy atom. The standard InChI is InChI=1S/C17H16F3N7O/c1-2-17(19,20)11-6-7-14(18)15(8-11)22-16(28)24-23-12-4-3-5-13(9-12)27-10-21-25-26-27/h2-10,23,25-26H,1H2,(H2,22,24,28). The third kappa shape index (κ3) is 4.32. The van der Waals surface area contributed by atoms with Crippen LogP contribution in [-0.2, 0) is 5.92 Å². The number of allylic oxidation sites excluding steroid dienone is 1. The molecule has 0 unspecified atom stereocenters. The number of urea groups is 1. The Balaban J connectivity index is 1.63. The van der Waals surface area contributed by atoms with E-state index in [4.69, 9.17) is 0 Å². The molecule has 28 heavy (non-hydrogen) atoms. The van der Waals surface area contributed by atoms with E-state index in [2.05, 4.69) is 38.9 Å². The van der Waals surface area contributed by atoms with E-state index in [0.29, 0.717) is 17.5 Å². The van der Waals surface area contributed by atoms with Gasteiger partial charge in [0.2, 0.25) is 0 Å². The minimum atomic E-state index is -3.35. The lowest BCUT2D eigenvalue weighted by atomic mass is 10.1. The Morgan fingerprint density at radius 3 is 2.79 bits per heavy atom. The van der Waals surface area contributed by atoms with Crippen LogP contribution in [0.4, 0.5) is 35.0 Å². The van der Waals surface area contributed by atoms with Gasteiger partial charge in [-0.15, -0.1) is 5.53 Å². The summed E-state index contributed by atoms with van der Waals surface area (Å²) < 4.78 is 41.2. The number of carbonyl (C=O) groups excluding carboxylic acids is 1. The lowest BCUT2D eigenvalue weighted by molar-refractivity contribution is 0.0525. The zero-order chi connectivity index (χ0) is 20.1. The Bertz CT molecular complexity index is 919. The zero-order valence-electron chi connectivity index (χ0n) is 14.3. The molecule has 1 aliphatic heterocycles. The SMILES string of the molecule is C=CC(F)(F)c1ccc(F)c(NC(=O)NNc2cccc(N3C=NNN3)c2)c1. The molecule has 0 bridgehead atoms. The lowest BCUT2D eigenvalue weighted by Crippen LogP contribution is -2.37. The van der Waals surface area contributed by atoms with Crippen LogP contribution >= 0.6 is 0 Å². The van der Waals surface area contributed by atoms with Crippen LogP contribution in [-0.4, -0.2) is 12.4 Å². The highest BCUT2D eigenvalue weighted by Crippen LogP contribution is 2.31. The highest BCUT2D eigenvalue weighted by molar-refractivity contribution is 5.90. The average Bonchev–Trinajstić information content (AvgIpc) is 3.23. The van der Waals surface area contributed by atoms with Crippen LogP contribution in [0, 0.1) is 5.82 Å². The summed E-state index contributed by atoms with van der Waals surface area (Å²) in [5.41, 5.74) is 10.6. The summed E-state index contributed by atoms with van der Waals surface area (Å²) in [6.07, 6.45) is 1.95. The number of rotatable bonds is 6. The van der Waals surface area contributed by atoms with E-state index in [1.165, 1.54) is 6.34 Å². The van der Waals surface area contributed by atoms with Gasteiger partial charge < -0.3 is 5.32 Å².